The number of rotatable bonds is 7. The van der Waals surface area contributed by atoms with Crippen LogP contribution in [0.2, 0.25) is 5.02 Å². The second-order valence-corrected chi connectivity index (χ2v) is 5.35. The van der Waals surface area contributed by atoms with Crippen LogP contribution < -0.4 is 14.8 Å². The maximum Gasteiger partial charge on any atom is 0.344 e. The number of halogens is 2. The van der Waals surface area contributed by atoms with Crippen LogP contribution in [0.25, 0.3) is 0 Å². The quantitative estimate of drug-likeness (QED) is 0.737. The highest BCUT2D eigenvalue weighted by molar-refractivity contribution is 6.32. The molecule has 0 spiro atoms. The zero-order valence-corrected chi connectivity index (χ0v) is 14.8. The third-order valence-electron chi connectivity index (χ3n) is 2.92. The van der Waals surface area contributed by atoms with Gasteiger partial charge in [-0.25, -0.2) is 14.2 Å². The van der Waals surface area contributed by atoms with Crippen LogP contribution in [0.1, 0.15) is 13.8 Å². The standard InChI is InChI=1S/C17H16ClFN2O5/c1-3-24-16(23)9-25-17-14(5-4-6-20-17)26-15-8-13(21-10(2)22)12(19)7-11(15)18/h4-8H,3,9H2,1-2H3,(H,21,22). The molecule has 7 nitrogen and oxygen atoms in total. The number of amides is 1. The molecule has 2 aromatic rings. The van der Waals surface area contributed by atoms with Gasteiger partial charge in [0, 0.05) is 19.2 Å². The lowest BCUT2D eigenvalue weighted by Gasteiger charge is -2.13. The zero-order valence-electron chi connectivity index (χ0n) is 14.0. The van der Waals surface area contributed by atoms with E-state index in [1.165, 1.54) is 25.3 Å². The van der Waals surface area contributed by atoms with Crippen molar-refractivity contribution in [3.05, 3.63) is 41.3 Å². The Bertz CT molecular complexity index is 816. The van der Waals surface area contributed by atoms with E-state index in [1.54, 1.807) is 13.0 Å². The van der Waals surface area contributed by atoms with Gasteiger partial charge >= 0.3 is 5.97 Å². The molecule has 1 N–H and O–H groups in total. The summed E-state index contributed by atoms with van der Waals surface area (Å²) in [7, 11) is 0. The van der Waals surface area contributed by atoms with Crippen molar-refractivity contribution in [3.8, 4) is 17.4 Å². The van der Waals surface area contributed by atoms with Crippen LogP contribution >= 0.6 is 11.6 Å². The van der Waals surface area contributed by atoms with Crippen LogP contribution in [-0.4, -0.2) is 30.1 Å². The zero-order chi connectivity index (χ0) is 19.1. The second kappa shape index (κ2) is 9.00. The third kappa shape index (κ3) is 5.32. The van der Waals surface area contributed by atoms with Gasteiger partial charge in [0.1, 0.15) is 11.6 Å². The maximum atomic E-state index is 13.8. The fourth-order valence-corrected chi connectivity index (χ4v) is 2.09. The number of pyridine rings is 1. The van der Waals surface area contributed by atoms with Gasteiger partial charge in [-0.15, -0.1) is 0 Å². The fourth-order valence-electron chi connectivity index (χ4n) is 1.90. The first kappa shape index (κ1) is 19.5. The predicted molar refractivity (Wildman–Crippen MR) is 92.2 cm³/mol. The average molecular weight is 383 g/mol. The third-order valence-corrected chi connectivity index (χ3v) is 3.22. The van der Waals surface area contributed by atoms with E-state index in [1.807, 2.05) is 0 Å². The fraction of sp³-hybridized carbons (Fsp3) is 0.235. The average Bonchev–Trinajstić information content (AvgIpc) is 2.58. The van der Waals surface area contributed by atoms with E-state index in [9.17, 15) is 14.0 Å². The van der Waals surface area contributed by atoms with E-state index >= 15 is 0 Å². The molecule has 9 heteroatoms. The van der Waals surface area contributed by atoms with Crippen molar-refractivity contribution < 1.29 is 28.2 Å². The van der Waals surface area contributed by atoms with Gasteiger partial charge in [0.05, 0.1) is 17.3 Å². The van der Waals surface area contributed by atoms with E-state index in [4.69, 9.17) is 25.8 Å². The first-order valence-corrected chi connectivity index (χ1v) is 7.96. The van der Waals surface area contributed by atoms with Crippen LogP contribution in [0.4, 0.5) is 10.1 Å². The Morgan fingerprint density at radius 1 is 1.31 bits per heavy atom. The van der Waals surface area contributed by atoms with Crippen molar-refractivity contribution in [1.29, 1.82) is 0 Å². The molecule has 1 heterocycles. The molecular formula is C17H16ClFN2O5. The summed E-state index contributed by atoms with van der Waals surface area (Å²) in [6.07, 6.45) is 1.45. The normalized spacial score (nSPS) is 10.2. The Morgan fingerprint density at radius 2 is 2.08 bits per heavy atom. The van der Waals surface area contributed by atoms with Crippen molar-refractivity contribution >= 4 is 29.2 Å². The SMILES string of the molecule is CCOC(=O)COc1ncccc1Oc1cc(NC(C)=O)c(F)cc1Cl. The number of aromatic nitrogens is 1. The summed E-state index contributed by atoms with van der Waals surface area (Å²) in [4.78, 5) is 26.5. The number of hydrogen-bond acceptors (Lipinski definition) is 6. The Hall–Kier alpha value is -2.87. The number of nitrogens with one attached hydrogen (secondary N) is 1. The Labute approximate surface area is 154 Å². The van der Waals surface area contributed by atoms with E-state index < -0.39 is 17.7 Å². The highest BCUT2D eigenvalue weighted by Crippen LogP contribution is 2.36. The van der Waals surface area contributed by atoms with Gasteiger partial charge < -0.3 is 19.5 Å². The number of ether oxygens (including phenoxy) is 3. The molecule has 1 aromatic heterocycles. The van der Waals surface area contributed by atoms with Crippen molar-refractivity contribution in [3.63, 3.8) is 0 Å². The number of nitrogens with zero attached hydrogens (tertiary/aromatic N) is 1. The summed E-state index contributed by atoms with van der Waals surface area (Å²) < 4.78 is 29.5. The Balaban J connectivity index is 2.23. The van der Waals surface area contributed by atoms with Crippen molar-refractivity contribution in [2.75, 3.05) is 18.5 Å². The van der Waals surface area contributed by atoms with Crippen LogP contribution in [0.3, 0.4) is 0 Å². The first-order valence-electron chi connectivity index (χ1n) is 7.58. The van der Waals surface area contributed by atoms with Crippen LogP contribution in [0.15, 0.2) is 30.5 Å². The number of anilines is 1. The van der Waals surface area contributed by atoms with Gasteiger partial charge in [-0.05, 0) is 25.1 Å². The second-order valence-electron chi connectivity index (χ2n) is 4.95. The summed E-state index contributed by atoms with van der Waals surface area (Å²) in [5.74, 6) is -1.46. The molecule has 26 heavy (non-hydrogen) atoms. The summed E-state index contributed by atoms with van der Waals surface area (Å²) in [6, 6.07) is 5.36. The van der Waals surface area contributed by atoms with Crippen molar-refractivity contribution in [2.45, 2.75) is 13.8 Å². The summed E-state index contributed by atoms with van der Waals surface area (Å²) in [6.45, 7) is 2.80. The number of carbonyl (C=O) groups is 2. The number of benzene rings is 1. The van der Waals surface area contributed by atoms with E-state index in [0.29, 0.717) is 0 Å². The highest BCUT2D eigenvalue weighted by Gasteiger charge is 2.15. The van der Waals surface area contributed by atoms with Crippen molar-refractivity contribution in [2.24, 2.45) is 0 Å². The lowest BCUT2D eigenvalue weighted by atomic mass is 10.2. The number of carbonyl (C=O) groups excluding carboxylic acids is 2. The topological polar surface area (TPSA) is 86.8 Å². The molecule has 0 unspecified atom stereocenters. The molecule has 1 aromatic carbocycles. The molecule has 138 valence electrons. The molecule has 0 aliphatic heterocycles. The molecule has 0 atom stereocenters. The van der Waals surface area contributed by atoms with Crippen LogP contribution in [-0.2, 0) is 14.3 Å². The van der Waals surface area contributed by atoms with Crippen LogP contribution in [0, 0.1) is 5.82 Å². The van der Waals surface area contributed by atoms with E-state index in [0.717, 1.165) is 6.07 Å². The first-order chi connectivity index (χ1) is 12.4. The van der Waals surface area contributed by atoms with E-state index in [-0.39, 0.29) is 41.3 Å². The van der Waals surface area contributed by atoms with E-state index in [2.05, 4.69) is 10.3 Å². The molecule has 0 bridgehead atoms. The molecule has 1 amide bonds. The summed E-state index contributed by atoms with van der Waals surface area (Å²) in [5.41, 5.74) is -0.0882. The molecule has 2 rings (SSSR count). The molecule has 0 fully saturated rings. The molecule has 0 aliphatic rings. The highest BCUT2D eigenvalue weighted by atomic mass is 35.5. The predicted octanol–water partition coefficient (Wildman–Crippen LogP) is 3.57. The Kier molecular flexibility index (Phi) is 6.74. The van der Waals surface area contributed by atoms with Crippen LogP contribution in [0.5, 0.6) is 17.4 Å². The molecular weight excluding hydrogens is 367 g/mol. The molecule has 0 saturated heterocycles. The Morgan fingerprint density at radius 3 is 2.77 bits per heavy atom. The smallest absolute Gasteiger partial charge is 0.344 e. The molecule has 0 aliphatic carbocycles. The molecule has 0 radical (unpaired) electrons. The van der Waals surface area contributed by atoms with Gasteiger partial charge in [-0.2, -0.15) is 0 Å². The van der Waals surface area contributed by atoms with Crippen molar-refractivity contribution in [1.82, 2.24) is 4.98 Å². The maximum absolute atomic E-state index is 13.8. The molecule has 0 saturated carbocycles. The van der Waals surface area contributed by atoms with Gasteiger partial charge in [-0.1, -0.05) is 11.6 Å². The largest absolute Gasteiger partial charge is 0.463 e. The monoisotopic (exact) mass is 382 g/mol. The van der Waals surface area contributed by atoms with Gasteiger partial charge in [-0.3, -0.25) is 4.79 Å². The number of hydrogen-bond donors (Lipinski definition) is 1. The van der Waals surface area contributed by atoms with Gasteiger partial charge in [0.15, 0.2) is 12.4 Å². The number of esters is 1. The summed E-state index contributed by atoms with van der Waals surface area (Å²) >= 11 is 6.00. The minimum atomic E-state index is -0.706. The lowest BCUT2D eigenvalue weighted by Crippen LogP contribution is -2.15. The van der Waals surface area contributed by atoms with Gasteiger partial charge in [0.25, 0.3) is 5.88 Å². The minimum absolute atomic E-state index is 0.0169. The minimum Gasteiger partial charge on any atom is -0.463 e. The lowest BCUT2D eigenvalue weighted by molar-refractivity contribution is -0.145. The van der Waals surface area contributed by atoms with Gasteiger partial charge in [0.2, 0.25) is 5.91 Å². The summed E-state index contributed by atoms with van der Waals surface area (Å²) in [5, 5.41) is 2.32.